The topological polar surface area (TPSA) is 104 Å². The smallest absolute Gasteiger partial charge is 0.339 e. The number of carbonyl (C=O) groups is 2. The van der Waals surface area contributed by atoms with E-state index in [9.17, 15) is 9.59 Å². The molecule has 2 aromatic rings. The molecule has 1 amide bonds. The molecule has 104 valence electrons. The Kier molecular flexibility index (Phi) is 3.69. The largest absolute Gasteiger partial charge is 0.496 e. The Balaban J connectivity index is 2.24. The summed E-state index contributed by atoms with van der Waals surface area (Å²) < 4.78 is 4.99. The Bertz CT molecular complexity index is 663. The van der Waals surface area contributed by atoms with Crippen LogP contribution in [0.25, 0.3) is 0 Å². The highest BCUT2D eigenvalue weighted by Crippen LogP contribution is 2.23. The lowest BCUT2D eigenvalue weighted by Gasteiger charge is -2.09. The lowest BCUT2D eigenvalue weighted by atomic mass is 10.1. The maximum atomic E-state index is 12.0. The van der Waals surface area contributed by atoms with Crippen molar-refractivity contribution >= 4 is 17.6 Å². The maximum absolute atomic E-state index is 12.0. The number of nitrogens with zero attached hydrogens (tertiary/aromatic N) is 1. The normalized spacial score (nSPS) is 10.1. The van der Waals surface area contributed by atoms with Gasteiger partial charge < -0.3 is 15.2 Å². The van der Waals surface area contributed by atoms with Crippen LogP contribution >= 0.6 is 0 Å². The van der Waals surface area contributed by atoms with Crippen molar-refractivity contribution in [3.63, 3.8) is 0 Å². The second kappa shape index (κ2) is 5.43. The first kappa shape index (κ1) is 13.6. The average molecular weight is 275 g/mol. The lowest BCUT2D eigenvalue weighted by Crippen LogP contribution is -2.12. The standard InChI is InChI=1S/C13H13N3O4/c1-7-10(6-14-16-7)12(17)15-8-3-4-9(13(18)19)11(5-8)20-2/h3-6H,1-2H3,(H,14,16)(H,15,17)(H,18,19). The number of carbonyl (C=O) groups excluding carboxylic acids is 1. The fourth-order valence-electron chi connectivity index (χ4n) is 1.72. The molecule has 0 spiro atoms. The van der Waals surface area contributed by atoms with E-state index < -0.39 is 5.97 Å². The van der Waals surface area contributed by atoms with E-state index in [4.69, 9.17) is 9.84 Å². The molecule has 0 saturated heterocycles. The quantitative estimate of drug-likeness (QED) is 0.787. The zero-order valence-electron chi connectivity index (χ0n) is 10.9. The molecular weight excluding hydrogens is 262 g/mol. The summed E-state index contributed by atoms with van der Waals surface area (Å²) in [6.07, 6.45) is 1.42. The van der Waals surface area contributed by atoms with Gasteiger partial charge in [0.05, 0.1) is 18.9 Å². The zero-order valence-corrected chi connectivity index (χ0v) is 10.9. The fraction of sp³-hybridized carbons (Fsp3) is 0.154. The summed E-state index contributed by atoms with van der Waals surface area (Å²) in [7, 11) is 1.37. The third-order valence-electron chi connectivity index (χ3n) is 2.76. The van der Waals surface area contributed by atoms with Crippen LogP contribution in [0.5, 0.6) is 5.75 Å². The van der Waals surface area contributed by atoms with Gasteiger partial charge in [0.25, 0.3) is 5.91 Å². The Morgan fingerprint density at radius 1 is 1.35 bits per heavy atom. The van der Waals surface area contributed by atoms with Crippen LogP contribution in [0.3, 0.4) is 0 Å². The molecule has 0 unspecified atom stereocenters. The van der Waals surface area contributed by atoms with Crippen molar-refractivity contribution in [1.29, 1.82) is 0 Å². The van der Waals surface area contributed by atoms with Gasteiger partial charge in [0.15, 0.2) is 0 Å². The molecule has 1 heterocycles. The zero-order chi connectivity index (χ0) is 14.7. The van der Waals surface area contributed by atoms with Gasteiger partial charge in [0.1, 0.15) is 11.3 Å². The second-order valence-electron chi connectivity index (χ2n) is 4.08. The van der Waals surface area contributed by atoms with E-state index in [1.54, 1.807) is 6.92 Å². The molecule has 7 heteroatoms. The molecule has 1 aromatic carbocycles. The number of anilines is 1. The molecule has 0 fully saturated rings. The third-order valence-corrected chi connectivity index (χ3v) is 2.76. The number of benzene rings is 1. The van der Waals surface area contributed by atoms with Crippen LogP contribution < -0.4 is 10.1 Å². The number of carboxylic acid groups (broad SMARTS) is 1. The van der Waals surface area contributed by atoms with Crippen molar-refractivity contribution in [1.82, 2.24) is 10.2 Å². The number of carboxylic acids is 1. The van der Waals surface area contributed by atoms with Crippen molar-refractivity contribution < 1.29 is 19.4 Å². The van der Waals surface area contributed by atoms with Crippen LogP contribution in [-0.2, 0) is 0 Å². The highest BCUT2D eigenvalue weighted by atomic mass is 16.5. The highest BCUT2D eigenvalue weighted by molar-refractivity contribution is 6.05. The summed E-state index contributed by atoms with van der Waals surface area (Å²) in [5.41, 5.74) is 1.55. The minimum atomic E-state index is -1.09. The monoisotopic (exact) mass is 275 g/mol. The summed E-state index contributed by atoms with van der Waals surface area (Å²) in [4.78, 5) is 23.0. The van der Waals surface area contributed by atoms with E-state index in [-0.39, 0.29) is 17.2 Å². The number of amides is 1. The van der Waals surface area contributed by atoms with Gasteiger partial charge >= 0.3 is 5.97 Å². The van der Waals surface area contributed by atoms with Crippen molar-refractivity contribution in [2.24, 2.45) is 0 Å². The molecule has 0 atom stereocenters. The summed E-state index contributed by atoms with van der Waals surface area (Å²) >= 11 is 0. The molecule has 0 saturated carbocycles. The number of hydrogen-bond donors (Lipinski definition) is 3. The summed E-state index contributed by atoms with van der Waals surface area (Å²) in [6.45, 7) is 1.73. The van der Waals surface area contributed by atoms with Crippen molar-refractivity contribution in [3.8, 4) is 5.75 Å². The summed E-state index contributed by atoms with van der Waals surface area (Å²) in [6, 6.07) is 4.33. The third kappa shape index (κ3) is 2.61. The Morgan fingerprint density at radius 2 is 2.10 bits per heavy atom. The number of ether oxygens (including phenoxy) is 1. The number of H-pyrrole nitrogens is 1. The number of hydrogen-bond acceptors (Lipinski definition) is 4. The number of aromatic carboxylic acids is 1. The average Bonchev–Trinajstić information content (AvgIpc) is 2.84. The fourth-order valence-corrected chi connectivity index (χ4v) is 1.72. The molecule has 3 N–H and O–H groups in total. The van der Waals surface area contributed by atoms with Crippen LogP contribution in [0.1, 0.15) is 26.4 Å². The molecule has 7 nitrogen and oxygen atoms in total. The molecule has 0 radical (unpaired) electrons. The molecule has 20 heavy (non-hydrogen) atoms. The number of rotatable bonds is 4. The van der Waals surface area contributed by atoms with Gasteiger partial charge in [-0.1, -0.05) is 0 Å². The number of aromatic nitrogens is 2. The summed E-state index contributed by atoms with van der Waals surface area (Å²) in [5.74, 6) is -1.24. The van der Waals surface area contributed by atoms with Crippen LogP contribution in [-0.4, -0.2) is 34.3 Å². The van der Waals surface area contributed by atoms with E-state index in [2.05, 4.69) is 15.5 Å². The van der Waals surface area contributed by atoms with Crippen LogP contribution in [0.15, 0.2) is 24.4 Å². The maximum Gasteiger partial charge on any atom is 0.339 e. The molecule has 0 aliphatic carbocycles. The summed E-state index contributed by atoms with van der Waals surface area (Å²) in [5, 5.41) is 18.1. The SMILES string of the molecule is COc1cc(NC(=O)c2cn[nH]c2C)ccc1C(=O)O. The number of methoxy groups -OCH3 is 1. The molecule has 1 aromatic heterocycles. The van der Waals surface area contributed by atoms with Crippen molar-refractivity contribution in [3.05, 3.63) is 41.2 Å². The first-order valence-electron chi connectivity index (χ1n) is 5.75. The minimum Gasteiger partial charge on any atom is -0.496 e. The predicted molar refractivity (Wildman–Crippen MR) is 71.2 cm³/mol. The van der Waals surface area contributed by atoms with Crippen LogP contribution in [0.2, 0.25) is 0 Å². The minimum absolute atomic E-state index is 0.0324. The number of nitrogens with one attached hydrogen (secondary N) is 2. The van der Waals surface area contributed by atoms with Gasteiger partial charge in [0, 0.05) is 17.4 Å². The molecular formula is C13H13N3O4. The van der Waals surface area contributed by atoms with Gasteiger partial charge in [-0.05, 0) is 19.1 Å². The highest BCUT2D eigenvalue weighted by Gasteiger charge is 2.14. The predicted octanol–water partition coefficient (Wildman–Crippen LogP) is 1.68. The van der Waals surface area contributed by atoms with Gasteiger partial charge in [-0.25, -0.2) is 4.79 Å². The van der Waals surface area contributed by atoms with E-state index in [1.807, 2.05) is 0 Å². The van der Waals surface area contributed by atoms with Gasteiger partial charge in [-0.15, -0.1) is 0 Å². The van der Waals surface area contributed by atoms with E-state index >= 15 is 0 Å². The van der Waals surface area contributed by atoms with Gasteiger partial charge in [-0.2, -0.15) is 5.10 Å². The number of aryl methyl sites for hydroxylation is 1. The van der Waals surface area contributed by atoms with Gasteiger partial charge in [0.2, 0.25) is 0 Å². The van der Waals surface area contributed by atoms with Crippen LogP contribution in [0, 0.1) is 6.92 Å². The van der Waals surface area contributed by atoms with Gasteiger partial charge in [-0.3, -0.25) is 9.89 Å². The van der Waals surface area contributed by atoms with E-state index in [0.717, 1.165) is 0 Å². The first-order chi connectivity index (χ1) is 9.52. The van der Waals surface area contributed by atoms with Crippen molar-refractivity contribution in [2.75, 3.05) is 12.4 Å². The molecule has 0 aliphatic rings. The Hall–Kier alpha value is -2.83. The number of aromatic amines is 1. The van der Waals surface area contributed by atoms with E-state index in [1.165, 1.54) is 31.5 Å². The Labute approximate surface area is 114 Å². The first-order valence-corrected chi connectivity index (χ1v) is 5.75. The van der Waals surface area contributed by atoms with Crippen molar-refractivity contribution in [2.45, 2.75) is 6.92 Å². The second-order valence-corrected chi connectivity index (χ2v) is 4.08. The van der Waals surface area contributed by atoms with E-state index in [0.29, 0.717) is 16.9 Å². The molecule has 0 aliphatic heterocycles. The Morgan fingerprint density at radius 3 is 2.65 bits per heavy atom. The lowest BCUT2D eigenvalue weighted by molar-refractivity contribution is 0.0693. The molecule has 0 bridgehead atoms. The molecule has 2 rings (SSSR count). The van der Waals surface area contributed by atoms with Crippen LogP contribution in [0.4, 0.5) is 5.69 Å².